The van der Waals surface area contributed by atoms with E-state index in [1.54, 1.807) is 20.5 Å². The predicted molar refractivity (Wildman–Crippen MR) is 86.9 cm³/mol. The molecule has 0 saturated heterocycles. The van der Waals surface area contributed by atoms with Gasteiger partial charge in [0.25, 0.3) is 0 Å². The van der Waals surface area contributed by atoms with E-state index in [-0.39, 0.29) is 0 Å². The Morgan fingerprint density at radius 1 is 1.14 bits per heavy atom. The fourth-order valence-electron chi connectivity index (χ4n) is 2.20. The molecule has 1 heterocycles. The Bertz CT molecular complexity index is 595. The zero-order chi connectivity index (χ0) is 15.2. The number of hydrogen-bond acceptors (Lipinski definition) is 4. The highest BCUT2D eigenvalue weighted by molar-refractivity contribution is 9.10. The molecular formula is C16H20BrNO3. The maximum absolute atomic E-state index is 5.60. The lowest BCUT2D eigenvalue weighted by Crippen LogP contribution is -2.13. The standard InChI is InChI=1S/C16H20BrNO3/c1-4-8-18-10-14-11(7-9-21-14)12-5-6-13(19-2)15(17)16(12)20-3/h5-7,9,18H,4,8,10H2,1-3H3. The molecule has 21 heavy (non-hydrogen) atoms. The summed E-state index contributed by atoms with van der Waals surface area (Å²) in [5.41, 5.74) is 2.01. The van der Waals surface area contributed by atoms with Crippen molar-refractivity contribution in [1.29, 1.82) is 0 Å². The maximum Gasteiger partial charge on any atom is 0.144 e. The van der Waals surface area contributed by atoms with Gasteiger partial charge in [0.1, 0.15) is 21.7 Å². The van der Waals surface area contributed by atoms with Gasteiger partial charge < -0.3 is 19.2 Å². The summed E-state index contributed by atoms with van der Waals surface area (Å²) in [4.78, 5) is 0. The van der Waals surface area contributed by atoms with Gasteiger partial charge in [-0.15, -0.1) is 0 Å². The van der Waals surface area contributed by atoms with Gasteiger partial charge >= 0.3 is 0 Å². The second-order valence-electron chi connectivity index (χ2n) is 4.60. The van der Waals surface area contributed by atoms with Crippen LogP contribution in [0.15, 0.2) is 33.4 Å². The summed E-state index contributed by atoms with van der Waals surface area (Å²) in [5, 5.41) is 3.35. The van der Waals surface area contributed by atoms with Crippen LogP contribution in [0.3, 0.4) is 0 Å². The number of methoxy groups -OCH3 is 2. The van der Waals surface area contributed by atoms with Gasteiger partial charge in [-0.2, -0.15) is 0 Å². The van der Waals surface area contributed by atoms with Gasteiger partial charge in [-0.3, -0.25) is 0 Å². The van der Waals surface area contributed by atoms with Crippen molar-refractivity contribution in [1.82, 2.24) is 5.32 Å². The molecule has 0 atom stereocenters. The average molecular weight is 354 g/mol. The fourth-order valence-corrected chi connectivity index (χ4v) is 2.87. The Labute approximate surface area is 133 Å². The van der Waals surface area contributed by atoms with Crippen molar-refractivity contribution in [3.63, 3.8) is 0 Å². The molecule has 0 saturated carbocycles. The van der Waals surface area contributed by atoms with Gasteiger partial charge in [0.2, 0.25) is 0 Å². The van der Waals surface area contributed by atoms with E-state index in [9.17, 15) is 0 Å². The van der Waals surface area contributed by atoms with Crippen LogP contribution in [0.4, 0.5) is 0 Å². The molecule has 1 N–H and O–H groups in total. The van der Waals surface area contributed by atoms with Crippen LogP contribution < -0.4 is 14.8 Å². The highest BCUT2D eigenvalue weighted by atomic mass is 79.9. The summed E-state index contributed by atoms with van der Waals surface area (Å²) in [6.07, 6.45) is 2.79. The minimum atomic E-state index is 0.697. The van der Waals surface area contributed by atoms with Gasteiger partial charge in [-0.05, 0) is 47.1 Å². The normalized spacial score (nSPS) is 10.7. The average Bonchev–Trinajstić information content (AvgIpc) is 2.95. The van der Waals surface area contributed by atoms with Gasteiger partial charge in [0.15, 0.2) is 0 Å². The van der Waals surface area contributed by atoms with E-state index in [0.717, 1.165) is 45.8 Å². The van der Waals surface area contributed by atoms with Crippen LogP contribution >= 0.6 is 15.9 Å². The summed E-state index contributed by atoms with van der Waals surface area (Å²) >= 11 is 3.53. The Morgan fingerprint density at radius 2 is 1.95 bits per heavy atom. The first-order valence-electron chi connectivity index (χ1n) is 6.90. The molecule has 0 radical (unpaired) electrons. The van der Waals surface area contributed by atoms with E-state index in [0.29, 0.717) is 6.54 Å². The smallest absolute Gasteiger partial charge is 0.144 e. The number of hydrogen-bond donors (Lipinski definition) is 1. The minimum Gasteiger partial charge on any atom is -0.495 e. The largest absolute Gasteiger partial charge is 0.495 e. The van der Waals surface area contributed by atoms with Crippen LogP contribution in [0.5, 0.6) is 11.5 Å². The van der Waals surface area contributed by atoms with Crippen molar-refractivity contribution < 1.29 is 13.9 Å². The van der Waals surface area contributed by atoms with E-state index in [2.05, 4.69) is 28.2 Å². The zero-order valence-electron chi connectivity index (χ0n) is 12.5. The Balaban J connectivity index is 2.38. The molecule has 0 aliphatic carbocycles. The van der Waals surface area contributed by atoms with Crippen LogP contribution in [0, 0.1) is 0 Å². The molecule has 1 aromatic carbocycles. The van der Waals surface area contributed by atoms with E-state index in [1.807, 2.05) is 18.2 Å². The molecular weight excluding hydrogens is 334 g/mol. The van der Waals surface area contributed by atoms with Gasteiger partial charge in [0.05, 0.1) is 27.0 Å². The van der Waals surface area contributed by atoms with E-state index in [1.165, 1.54) is 0 Å². The molecule has 114 valence electrons. The van der Waals surface area contributed by atoms with Gasteiger partial charge in [0, 0.05) is 11.1 Å². The van der Waals surface area contributed by atoms with Crippen molar-refractivity contribution in [2.45, 2.75) is 19.9 Å². The first-order chi connectivity index (χ1) is 10.2. The molecule has 0 aliphatic rings. The maximum atomic E-state index is 5.60. The molecule has 2 rings (SSSR count). The van der Waals surface area contributed by atoms with Crippen LogP contribution in [-0.2, 0) is 6.54 Å². The summed E-state index contributed by atoms with van der Waals surface area (Å²) in [6, 6.07) is 5.86. The quantitative estimate of drug-likeness (QED) is 0.756. The fraction of sp³-hybridized carbons (Fsp3) is 0.375. The van der Waals surface area contributed by atoms with E-state index >= 15 is 0 Å². The lowest BCUT2D eigenvalue weighted by molar-refractivity contribution is 0.390. The monoisotopic (exact) mass is 353 g/mol. The van der Waals surface area contributed by atoms with E-state index in [4.69, 9.17) is 13.9 Å². The van der Waals surface area contributed by atoms with Gasteiger partial charge in [-0.25, -0.2) is 0 Å². The summed E-state index contributed by atoms with van der Waals surface area (Å²) < 4.78 is 17.2. The van der Waals surface area contributed by atoms with Crippen molar-refractivity contribution >= 4 is 15.9 Å². The summed E-state index contributed by atoms with van der Waals surface area (Å²) in [5.74, 6) is 2.39. The number of ether oxygens (including phenoxy) is 2. The Kier molecular flexibility index (Phi) is 5.70. The molecule has 0 fully saturated rings. The zero-order valence-corrected chi connectivity index (χ0v) is 14.1. The molecule has 5 heteroatoms. The number of furan rings is 1. The van der Waals surface area contributed by atoms with Crippen molar-refractivity contribution in [2.75, 3.05) is 20.8 Å². The third-order valence-corrected chi connectivity index (χ3v) is 3.98. The molecule has 1 aromatic heterocycles. The Hall–Kier alpha value is -1.46. The minimum absolute atomic E-state index is 0.697. The number of benzene rings is 1. The second-order valence-corrected chi connectivity index (χ2v) is 5.39. The van der Waals surface area contributed by atoms with Crippen LogP contribution in [-0.4, -0.2) is 20.8 Å². The van der Waals surface area contributed by atoms with Gasteiger partial charge in [-0.1, -0.05) is 6.92 Å². The highest BCUT2D eigenvalue weighted by Crippen LogP contribution is 2.43. The van der Waals surface area contributed by atoms with Crippen molar-refractivity contribution in [3.8, 4) is 22.6 Å². The topological polar surface area (TPSA) is 43.6 Å². The summed E-state index contributed by atoms with van der Waals surface area (Å²) in [6.45, 7) is 3.80. The highest BCUT2D eigenvalue weighted by Gasteiger charge is 2.18. The molecule has 0 amide bonds. The van der Waals surface area contributed by atoms with Crippen LogP contribution in [0.2, 0.25) is 0 Å². The van der Waals surface area contributed by atoms with Crippen molar-refractivity contribution in [2.24, 2.45) is 0 Å². The number of halogens is 1. The van der Waals surface area contributed by atoms with Crippen LogP contribution in [0.25, 0.3) is 11.1 Å². The first-order valence-corrected chi connectivity index (χ1v) is 7.70. The Morgan fingerprint density at radius 3 is 2.62 bits per heavy atom. The second kappa shape index (κ2) is 7.52. The molecule has 0 spiro atoms. The molecule has 0 bridgehead atoms. The molecule has 0 unspecified atom stereocenters. The van der Waals surface area contributed by atoms with E-state index < -0.39 is 0 Å². The molecule has 0 aliphatic heterocycles. The summed E-state index contributed by atoms with van der Waals surface area (Å²) in [7, 11) is 3.29. The number of nitrogens with one attached hydrogen (secondary N) is 1. The van der Waals surface area contributed by atoms with Crippen LogP contribution in [0.1, 0.15) is 19.1 Å². The SMILES string of the molecule is CCCNCc1occc1-c1ccc(OC)c(Br)c1OC. The third kappa shape index (κ3) is 3.41. The number of rotatable bonds is 7. The predicted octanol–water partition coefficient (Wildman–Crippen LogP) is 4.23. The molecule has 2 aromatic rings. The lowest BCUT2D eigenvalue weighted by atomic mass is 10.0. The first kappa shape index (κ1) is 15.9. The lowest BCUT2D eigenvalue weighted by Gasteiger charge is -2.13. The third-order valence-electron chi connectivity index (χ3n) is 3.23. The van der Waals surface area contributed by atoms with Crippen molar-refractivity contribution in [3.05, 3.63) is 34.7 Å². The molecule has 4 nitrogen and oxygen atoms in total.